The highest BCUT2D eigenvalue weighted by Gasteiger charge is 2.38. The number of hydrogen-bond acceptors (Lipinski definition) is 8. The lowest BCUT2D eigenvalue weighted by atomic mass is 10.0. The number of ether oxygens (including phenoxy) is 4. The SMILES string of the molecule is O/N=C/[C@@H](OCc1ccccc1)[C@@H](OCc1ccccc1)[C@H](OCc1ccccc1)[C@@H](/C=N/O)OCc1ccccc1. The third kappa shape index (κ3) is 9.94. The summed E-state index contributed by atoms with van der Waals surface area (Å²) >= 11 is 0. The van der Waals surface area contributed by atoms with E-state index >= 15 is 0 Å². The van der Waals surface area contributed by atoms with Crippen molar-refractivity contribution in [2.75, 3.05) is 0 Å². The van der Waals surface area contributed by atoms with Crippen LogP contribution in [0, 0.1) is 0 Å². The van der Waals surface area contributed by atoms with Crippen molar-refractivity contribution in [1.29, 1.82) is 0 Å². The number of benzene rings is 4. The van der Waals surface area contributed by atoms with Gasteiger partial charge in [-0.2, -0.15) is 0 Å². The molecule has 0 aliphatic heterocycles. The summed E-state index contributed by atoms with van der Waals surface area (Å²) in [5.74, 6) is 0. The fourth-order valence-electron chi connectivity index (χ4n) is 4.40. The van der Waals surface area contributed by atoms with Gasteiger partial charge in [-0.3, -0.25) is 0 Å². The molecule has 0 spiro atoms. The Balaban J connectivity index is 1.66. The lowest BCUT2D eigenvalue weighted by Gasteiger charge is -2.35. The molecule has 4 aromatic rings. The standard InChI is InChI=1S/C34H36N2O6/c37-35-21-31(39-23-27-13-5-1-6-14-27)33(41-25-29-17-9-3-10-18-29)34(42-26-30-19-11-4-12-20-30)32(22-36-38)40-24-28-15-7-2-8-16-28/h1-22,31-34,37-38H,23-26H2/b35-21+,36-22+/t31-,32-,33-,34-/m1/s1. The van der Waals surface area contributed by atoms with Gasteiger partial charge in [-0.15, -0.1) is 0 Å². The predicted molar refractivity (Wildman–Crippen MR) is 161 cm³/mol. The molecule has 0 heterocycles. The second kappa shape index (κ2) is 17.5. The van der Waals surface area contributed by atoms with E-state index in [0.29, 0.717) is 0 Å². The quantitative estimate of drug-likeness (QED) is 0.0887. The average molecular weight is 569 g/mol. The minimum atomic E-state index is -0.852. The van der Waals surface area contributed by atoms with Gasteiger partial charge in [-0.1, -0.05) is 132 Å². The van der Waals surface area contributed by atoms with E-state index in [9.17, 15) is 10.4 Å². The third-order valence-corrected chi connectivity index (χ3v) is 6.54. The Bertz CT molecular complexity index is 1220. The molecule has 8 nitrogen and oxygen atoms in total. The van der Waals surface area contributed by atoms with Crippen molar-refractivity contribution in [1.82, 2.24) is 0 Å². The molecule has 8 heteroatoms. The van der Waals surface area contributed by atoms with Crippen LogP contribution in [-0.4, -0.2) is 47.3 Å². The molecule has 2 N–H and O–H groups in total. The highest BCUT2D eigenvalue weighted by atomic mass is 16.6. The normalized spacial score (nSPS) is 14.6. The van der Waals surface area contributed by atoms with Gasteiger partial charge in [0.05, 0.1) is 38.9 Å². The number of hydrogen-bond donors (Lipinski definition) is 2. The summed E-state index contributed by atoms with van der Waals surface area (Å²) < 4.78 is 25.5. The van der Waals surface area contributed by atoms with E-state index < -0.39 is 24.4 Å². The van der Waals surface area contributed by atoms with Crippen molar-refractivity contribution in [3.05, 3.63) is 144 Å². The minimum Gasteiger partial charge on any atom is -0.411 e. The molecule has 0 bridgehead atoms. The van der Waals surface area contributed by atoms with Crippen molar-refractivity contribution in [2.24, 2.45) is 10.3 Å². The van der Waals surface area contributed by atoms with Crippen molar-refractivity contribution in [3.63, 3.8) is 0 Å². The van der Waals surface area contributed by atoms with E-state index in [4.69, 9.17) is 18.9 Å². The zero-order valence-electron chi connectivity index (χ0n) is 23.3. The third-order valence-electron chi connectivity index (χ3n) is 6.54. The summed E-state index contributed by atoms with van der Waals surface area (Å²) in [6.45, 7) is 0.918. The fourth-order valence-corrected chi connectivity index (χ4v) is 4.40. The smallest absolute Gasteiger partial charge is 0.125 e. The van der Waals surface area contributed by atoms with Gasteiger partial charge >= 0.3 is 0 Å². The molecular weight excluding hydrogens is 532 g/mol. The lowest BCUT2D eigenvalue weighted by Crippen LogP contribution is -2.50. The molecule has 0 radical (unpaired) electrons. The average Bonchev–Trinajstić information content (AvgIpc) is 3.05. The van der Waals surface area contributed by atoms with Crippen molar-refractivity contribution in [3.8, 4) is 0 Å². The topological polar surface area (TPSA) is 102 Å². The Morgan fingerprint density at radius 3 is 0.952 bits per heavy atom. The van der Waals surface area contributed by atoms with E-state index in [1.54, 1.807) is 0 Å². The van der Waals surface area contributed by atoms with Gasteiger partial charge < -0.3 is 29.4 Å². The molecule has 0 saturated heterocycles. The first kappa shape index (κ1) is 30.6. The highest BCUT2D eigenvalue weighted by molar-refractivity contribution is 5.66. The van der Waals surface area contributed by atoms with Crippen LogP contribution >= 0.6 is 0 Å². The zero-order chi connectivity index (χ0) is 29.2. The molecule has 4 aromatic carbocycles. The molecule has 0 amide bonds. The molecular formula is C34H36N2O6. The first-order valence-electron chi connectivity index (χ1n) is 13.7. The number of rotatable bonds is 17. The molecule has 0 aromatic heterocycles. The van der Waals surface area contributed by atoms with Gasteiger partial charge in [0.15, 0.2) is 0 Å². The Hall–Kier alpha value is -4.34. The molecule has 0 unspecified atom stereocenters. The fraction of sp³-hybridized carbons (Fsp3) is 0.235. The first-order chi connectivity index (χ1) is 20.8. The van der Waals surface area contributed by atoms with Crippen LogP contribution in [0.15, 0.2) is 132 Å². The number of nitrogens with zero attached hydrogens (tertiary/aromatic N) is 2. The van der Waals surface area contributed by atoms with Crippen LogP contribution in [0.3, 0.4) is 0 Å². The molecule has 4 atom stereocenters. The largest absolute Gasteiger partial charge is 0.411 e. The van der Waals surface area contributed by atoms with Crippen LogP contribution in [0.4, 0.5) is 0 Å². The maximum atomic E-state index is 9.65. The van der Waals surface area contributed by atoms with Crippen LogP contribution in [0.5, 0.6) is 0 Å². The van der Waals surface area contributed by atoms with Gasteiger partial charge in [0.25, 0.3) is 0 Å². The van der Waals surface area contributed by atoms with Gasteiger partial charge in [0, 0.05) is 0 Å². The maximum absolute atomic E-state index is 9.65. The van der Waals surface area contributed by atoms with E-state index in [1.807, 2.05) is 121 Å². The molecule has 4 rings (SSSR count). The van der Waals surface area contributed by atoms with Crippen molar-refractivity contribution < 1.29 is 29.4 Å². The van der Waals surface area contributed by atoms with Crippen LogP contribution in [0.2, 0.25) is 0 Å². The monoisotopic (exact) mass is 568 g/mol. The van der Waals surface area contributed by atoms with Gasteiger partial charge in [-0.05, 0) is 22.3 Å². The van der Waals surface area contributed by atoms with Crippen LogP contribution in [0.1, 0.15) is 22.3 Å². The Labute approximate surface area is 246 Å². The van der Waals surface area contributed by atoms with E-state index in [2.05, 4.69) is 10.3 Å². The highest BCUT2D eigenvalue weighted by Crippen LogP contribution is 2.22. The van der Waals surface area contributed by atoms with Gasteiger partial charge in [0.2, 0.25) is 0 Å². The number of oxime groups is 2. The summed E-state index contributed by atoms with van der Waals surface area (Å²) in [5, 5.41) is 25.9. The van der Waals surface area contributed by atoms with Crippen LogP contribution in [0.25, 0.3) is 0 Å². The minimum absolute atomic E-state index is 0.225. The van der Waals surface area contributed by atoms with Crippen molar-refractivity contribution >= 4 is 12.4 Å². The Morgan fingerprint density at radius 1 is 0.429 bits per heavy atom. The summed E-state index contributed by atoms with van der Waals surface area (Å²) in [4.78, 5) is 0. The summed E-state index contributed by atoms with van der Waals surface area (Å²) in [6, 6.07) is 38.7. The summed E-state index contributed by atoms with van der Waals surface area (Å²) in [6.07, 6.45) is -0.826. The maximum Gasteiger partial charge on any atom is 0.125 e. The molecule has 218 valence electrons. The lowest BCUT2D eigenvalue weighted by molar-refractivity contribution is -0.163. The summed E-state index contributed by atoms with van der Waals surface area (Å²) in [7, 11) is 0. The van der Waals surface area contributed by atoms with Crippen molar-refractivity contribution in [2.45, 2.75) is 50.8 Å². The predicted octanol–water partition coefficient (Wildman–Crippen LogP) is 6.25. The van der Waals surface area contributed by atoms with Gasteiger partial charge in [-0.25, -0.2) is 0 Å². The van der Waals surface area contributed by atoms with Crippen LogP contribution in [-0.2, 0) is 45.4 Å². The second-order valence-electron chi connectivity index (χ2n) is 9.57. The Kier molecular flexibility index (Phi) is 12.7. The Morgan fingerprint density at radius 2 is 0.690 bits per heavy atom. The van der Waals surface area contributed by atoms with Crippen LogP contribution < -0.4 is 0 Å². The summed E-state index contributed by atoms with van der Waals surface area (Å²) in [5.41, 5.74) is 3.74. The molecule has 0 saturated carbocycles. The second-order valence-corrected chi connectivity index (χ2v) is 9.57. The zero-order valence-corrected chi connectivity index (χ0v) is 23.3. The first-order valence-corrected chi connectivity index (χ1v) is 13.7. The van der Waals surface area contributed by atoms with E-state index in [-0.39, 0.29) is 26.4 Å². The molecule has 0 aliphatic carbocycles. The molecule has 0 aliphatic rings. The van der Waals surface area contributed by atoms with E-state index in [0.717, 1.165) is 22.3 Å². The molecule has 0 fully saturated rings. The molecule has 42 heavy (non-hydrogen) atoms. The van der Waals surface area contributed by atoms with Gasteiger partial charge in [0.1, 0.15) is 24.4 Å². The van der Waals surface area contributed by atoms with E-state index in [1.165, 1.54) is 12.4 Å².